The molecule has 0 bridgehead atoms. The second-order valence-electron chi connectivity index (χ2n) is 4.23. The lowest BCUT2D eigenvalue weighted by atomic mass is 9.85. The number of hydrogen-bond acceptors (Lipinski definition) is 2. The van der Waals surface area contributed by atoms with Crippen LogP contribution in [0.15, 0.2) is 18.2 Å². The van der Waals surface area contributed by atoms with Gasteiger partial charge in [0.25, 0.3) is 0 Å². The van der Waals surface area contributed by atoms with Crippen molar-refractivity contribution in [2.45, 2.75) is 26.7 Å². The molecule has 17 heavy (non-hydrogen) atoms. The minimum Gasteiger partial charge on any atom is -0.493 e. The van der Waals surface area contributed by atoms with Gasteiger partial charge in [-0.15, -0.1) is 0 Å². The average Bonchev–Trinajstić information content (AvgIpc) is 2.36. The van der Waals surface area contributed by atoms with Crippen molar-refractivity contribution in [1.29, 1.82) is 0 Å². The summed E-state index contributed by atoms with van der Waals surface area (Å²) in [6, 6.07) is 3.59. The highest BCUT2D eigenvalue weighted by Crippen LogP contribution is 2.29. The van der Waals surface area contributed by atoms with Gasteiger partial charge in [-0.3, -0.25) is 0 Å². The van der Waals surface area contributed by atoms with Gasteiger partial charge in [-0.25, -0.2) is 8.78 Å². The third kappa shape index (κ3) is 3.60. The van der Waals surface area contributed by atoms with Gasteiger partial charge in [-0.2, -0.15) is 12.6 Å². The van der Waals surface area contributed by atoms with Crippen molar-refractivity contribution in [3.8, 4) is 5.75 Å². The smallest absolute Gasteiger partial charge is 0.162 e. The predicted molar refractivity (Wildman–Crippen MR) is 68.7 cm³/mol. The van der Waals surface area contributed by atoms with E-state index in [0.29, 0.717) is 18.1 Å². The molecule has 0 aliphatic rings. The Kier molecular flexibility index (Phi) is 5.25. The van der Waals surface area contributed by atoms with Crippen molar-refractivity contribution in [1.82, 2.24) is 0 Å². The molecule has 0 fully saturated rings. The summed E-state index contributed by atoms with van der Waals surface area (Å²) >= 11 is 4.33. The number of halogens is 2. The molecule has 0 radical (unpaired) electrons. The number of ether oxygens (including phenoxy) is 1. The first-order chi connectivity index (χ1) is 8.06. The Labute approximate surface area is 107 Å². The van der Waals surface area contributed by atoms with Crippen LogP contribution in [-0.2, 0) is 0 Å². The molecular weight excluding hydrogens is 242 g/mol. The highest BCUT2D eigenvalue weighted by Gasteiger charge is 2.25. The van der Waals surface area contributed by atoms with Crippen LogP contribution in [0.25, 0.3) is 0 Å². The largest absolute Gasteiger partial charge is 0.493 e. The first-order valence-electron chi connectivity index (χ1n) is 5.75. The number of benzene rings is 1. The molecule has 0 saturated heterocycles. The van der Waals surface area contributed by atoms with Gasteiger partial charge in [0.1, 0.15) is 5.75 Å². The van der Waals surface area contributed by atoms with Crippen molar-refractivity contribution in [3.63, 3.8) is 0 Å². The monoisotopic (exact) mass is 260 g/mol. The van der Waals surface area contributed by atoms with Gasteiger partial charge in [0.05, 0.1) is 6.61 Å². The highest BCUT2D eigenvalue weighted by molar-refractivity contribution is 7.80. The minimum absolute atomic E-state index is 0.00598. The molecule has 1 aromatic carbocycles. The Morgan fingerprint density at radius 1 is 1.18 bits per heavy atom. The van der Waals surface area contributed by atoms with Crippen LogP contribution in [0.2, 0.25) is 0 Å². The third-order valence-corrected chi connectivity index (χ3v) is 3.94. The van der Waals surface area contributed by atoms with E-state index in [4.69, 9.17) is 4.74 Å². The summed E-state index contributed by atoms with van der Waals surface area (Å²) in [5, 5.41) is 0. The fourth-order valence-corrected chi connectivity index (χ4v) is 2.06. The summed E-state index contributed by atoms with van der Waals surface area (Å²) in [5.74, 6) is -0.670. The van der Waals surface area contributed by atoms with E-state index >= 15 is 0 Å². The second-order valence-corrected chi connectivity index (χ2v) is 4.55. The zero-order valence-corrected chi connectivity index (χ0v) is 11.1. The molecule has 0 saturated carbocycles. The van der Waals surface area contributed by atoms with Crippen molar-refractivity contribution in [2.75, 3.05) is 12.4 Å². The van der Waals surface area contributed by atoms with Gasteiger partial charge in [0.2, 0.25) is 0 Å². The quantitative estimate of drug-likeness (QED) is 0.758. The predicted octanol–water partition coefficient (Wildman–Crippen LogP) is 4.08. The molecule has 0 aliphatic carbocycles. The molecule has 96 valence electrons. The average molecular weight is 260 g/mol. The van der Waals surface area contributed by atoms with Crippen LogP contribution in [0.1, 0.15) is 26.7 Å². The van der Waals surface area contributed by atoms with Gasteiger partial charge in [0, 0.05) is 11.5 Å². The maximum atomic E-state index is 13.0. The summed E-state index contributed by atoms with van der Waals surface area (Å²) in [6.45, 7) is 4.62. The highest BCUT2D eigenvalue weighted by atomic mass is 32.1. The SMILES string of the molecule is CCC(CC)(CS)COc1ccc(F)c(F)c1. The van der Waals surface area contributed by atoms with Crippen LogP contribution in [0.3, 0.4) is 0 Å². The van der Waals surface area contributed by atoms with Crippen molar-refractivity contribution < 1.29 is 13.5 Å². The Hall–Kier alpha value is -0.770. The lowest BCUT2D eigenvalue weighted by Gasteiger charge is -2.29. The third-order valence-electron chi connectivity index (χ3n) is 3.27. The van der Waals surface area contributed by atoms with Crippen molar-refractivity contribution >= 4 is 12.6 Å². The molecule has 0 unspecified atom stereocenters. The molecule has 0 spiro atoms. The molecule has 1 rings (SSSR count). The van der Waals surface area contributed by atoms with Crippen LogP contribution in [0, 0.1) is 17.0 Å². The maximum Gasteiger partial charge on any atom is 0.162 e. The van der Waals surface area contributed by atoms with Crippen molar-refractivity contribution in [2.24, 2.45) is 5.41 Å². The van der Waals surface area contributed by atoms with E-state index in [2.05, 4.69) is 26.5 Å². The lowest BCUT2D eigenvalue weighted by molar-refractivity contribution is 0.156. The van der Waals surface area contributed by atoms with E-state index in [1.54, 1.807) is 0 Å². The van der Waals surface area contributed by atoms with Gasteiger partial charge in [0.15, 0.2) is 11.6 Å². The number of rotatable bonds is 6. The van der Waals surface area contributed by atoms with E-state index in [1.807, 2.05) is 0 Å². The van der Waals surface area contributed by atoms with Crippen LogP contribution < -0.4 is 4.74 Å². The van der Waals surface area contributed by atoms with E-state index in [1.165, 1.54) is 6.07 Å². The van der Waals surface area contributed by atoms with Crippen LogP contribution in [0.4, 0.5) is 8.78 Å². The molecule has 0 heterocycles. The fourth-order valence-electron chi connectivity index (χ4n) is 1.53. The second kappa shape index (κ2) is 6.24. The Morgan fingerprint density at radius 3 is 2.29 bits per heavy atom. The summed E-state index contributed by atoms with van der Waals surface area (Å²) < 4.78 is 31.2. The lowest BCUT2D eigenvalue weighted by Crippen LogP contribution is -2.29. The van der Waals surface area contributed by atoms with Crippen LogP contribution in [-0.4, -0.2) is 12.4 Å². The molecular formula is C13H18F2OS. The maximum absolute atomic E-state index is 13.0. The molecule has 0 aromatic heterocycles. The first kappa shape index (κ1) is 14.3. The zero-order valence-electron chi connectivity index (χ0n) is 10.2. The molecule has 0 amide bonds. The summed E-state index contributed by atoms with van der Waals surface area (Å²) in [7, 11) is 0. The molecule has 0 atom stereocenters. The van der Waals surface area contributed by atoms with Gasteiger partial charge in [-0.05, 0) is 30.7 Å². The number of thiol groups is 1. The van der Waals surface area contributed by atoms with E-state index in [-0.39, 0.29) is 5.41 Å². The minimum atomic E-state index is -0.882. The van der Waals surface area contributed by atoms with E-state index in [9.17, 15) is 8.78 Å². The first-order valence-corrected chi connectivity index (χ1v) is 6.39. The van der Waals surface area contributed by atoms with Crippen LogP contribution >= 0.6 is 12.6 Å². The van der Waals surface area contributed by atoms with Crippen molar-refractivity contribution in [3.05, 3.63) is 29.8 Å². The Morgan fingerprint density at radius 2 is 1.82 bits per heavy atom. The summed E-state index contributed by atoms with van der Waals surface area (Å²) in [4.78, 5) is 0. The fraction of sp³-hybridized carbons (Fsp3) is 0.538. The van der Waals surface area contributed by atoms with Gasteiger partial charge < -0.3 is 4.74 Å². The molecule has 4 heteroatoms. The topological polar surface area (TPSA) is 9.23 Å². The standard InChI is InChI=1S/C13H18F2OS/c1-3-13(4-2,9-17)8-16-10-5-6-11(14)12(15)7-10/h5-7,17H,3-4,8-9H2,1-2H3. The summed E-state index contributed by atoms with van der Waals surface area (Å²) in [6.07, 6.45) is 1.88. The molecule has 1 nitrogen and oxygen atoms in total. The molecule has 0 N–H and O–H groups in total. The normalized spacial score (nSPS) is 11.6. The van der Waals surface area contributed by atoms with Gasteiger partial charge >= 0.3 is 0 Å². The van der Waals surface area contributed by atoms with E-state index < -0.39 is 11.6 Å². The molecule has 1 aromatic rings. The van der Waals surface area contributed by atoms with Crippen LogP contribution in [0.5, 0.6) is 5.75 Å². The Balaban J connectivity index is 2.68. The molecule has 0 aliphatic heterocycles. The van der Waals surface area contributed by atoms with E-state index in [0.717, 1.165) is 25.0 Å². The Bertz CT molecular complexity index is 356. The van der Waals surface area contributed by atoms with Gasteiger partial charge in [-0.1, -0.05) is 13.8 Å². The zero-order chi connectivity index (χ0) is 12.9. The number of hydrogen-bond donors (Lipinski definition) is 1. The summed E-state index contributed by atoms with van der Waals surface area (Å²) in [5.41, 5.74) is -0.00598.